The van der Waals surface area contributed by atoms with E-state index in [1.54, 1.807) is 7.05 Å². The summed E-state index contributed by atoms with van der Waals surface area (Å²) in [4.78, 5) is 27.9. The van der Waals surface area contributed by atoms with Crippen LogP contribution in [-0.2, 0) is 6.54 Å². The van der Waals surface area contributed by atoms with Crippen molar-refractivity contribution in [3.63, 3.8) is 0 Å². The molecule has 9 nitrogen and oxygen atoms in total. The van der Waals surface area contributed by atoms with Crippen molar-refractivity contribution in [2.45, 2.75) is 6.54 Å². The number of carbonyl (C=O) groups excluding carboxylic acids is 1. The zero-order valence-corrected chi connectivity index (χ0v) is 11.4. The molecule has 9 heteroatoms. The molecule has 2 aromatic rings. The first-order chi connectivity index (χ1) is 10.0. The molecule has 0 spiro atoms. The molecular weight excluding hydrogens is 278 g/mol. The van der Waals surface area contributed by atoms with E-state index >= 15 is 0 Å². The van der Waals surface area contributed by atoms with E-state index in [1.165, 1.54) is 36.5 Å². The van der Waals surface area contributed by atoms with Crippen molar-refractivity contribution in [3.05, 3.63) is 46.0 Å². The van der Waals surface area contributed by atoms with Crippen LogP contribution >= 0.6 is 0 Å². The van der Waals surface area contributed by atoms with Crippen LogP contribution in [0.15, 0.2) is 24.5 Å². The molecule has 1 N–H and O–H groups in total. The third kappa shape index (κ3) is 3.14. The minimum atomic E-state index is -0.591. The Labute approximate surface area is 119 Å². The number of hydrogen-bond donors (Lipinski definition) is 1. The smallest absolute Gasteiger partial charge is 0.311 e. The zero-order valence-electron chi connectivity index (χ0n) is 11.4. The fraction of sp³-hybridized carbons (Fsp3) is 0.250. The molecule has 1 amide bonds. The molecule has 110 valence electrons. The number of carbonyl (C=O) groups is 1. The number of benzene rings is 1. The van der Waals surface area contributed by atoms with Crippen LogP contribution in [0.5, 0.6) is 5.75 Å². The molecule has 0 saturated heterocycles. The first-order valence-corrected chi connectivity index (χ1v) is 5.95. The van der Waals surface area contributed by atoms with Crippen LogP contribution in [0, 0.1) is 10.1 Å². The number of aromatic amines is 1. The van der Waals surface area contributed by atoms with Crippen molar-refractivity contribution >= 4 is 11.6 Å². The molecule has 0 fully saturated rings. The van der Waals surface area contributed by atoms with Crippen molar-refractivity contribution in [1.29, 1.82) is 0 Å². The van der Waals surface area contributed by atoms with Gasteiger partial charge in [-0.3, -0.25) is 20.0 Å². The lowest BCUT2D eigenvalue weighted by molar-refractivity contribution is -0.385. The van der Waals surface area contributed by atoms with Gasteiger partial charge in [0.05, 0.1) is 18.6 Å². The Balaban J connectivity index is 2.22. The summed E-state index contributed by atoms with van der Waals surface area (Å²) >= 11 is 0. The normalized spacial score (nSPS) is 10.2. The fourth-order valence-corrected chi connectivity index (χ4v) is 1.79. The Morgan fingerprint density at radius 3 is 2.86 bits per heavy atom. The van der Waals surface area contributed by atoms with Gasteiger partial charge < -0.3 is 9.64 Å². The predicted molar refractivity (Wildman–Crippen MR) is 71.8 cm³/mol. The SMILES string of the molecule is COc1ccc(C(=O)N(C)Cc2ncn[nH]2)cc1[N+](=O)[O-]. The number of rotatable bonds is 5. The summed E-state index contributed by atoms with van der Waals surface area (Å²) in [6.07, 6.45) is 1.34. The minimum Gasteiger partial charge on any atom is -0.490 e. The number of methoxy groups -OCH3 is 1. The predicted octanol–water partition coefficient (Wildman–Crippen LogP) is 0.994. The Morgan fingerprint density at radius 2 is 2.29 bits per heavy atom. The molecule has 1 aromatic heterocycles. The number of aromatic nitrogens is 3. The van der Waals surface area contributed by atoms with Crippen molar-refractivity contribution in [2.75, 3.05) is 14.2 Å². The van der Waals surface area contributed by atoms with E-state index in [9.17, 15) is 14.9 Å². The lowest BCUT2D eigenvalue weighted by atomic mass is 10.1. The summed E-state index contributed by atoms with van der Waals surface area (Å²) in [7, 11) is 2.90. The monoisotopic (exact) mass is 291 g/mol. The van der Waals surface area contributed by atoms with E-state index in [0.717, 1.165) is 0 Å². The molecule has 0 unspecified atom stereocenters. The van der Waals surface area contributed by atoms with E-state index < -0.39 is 4.92 Å². The summed E-state index contributed by atoms with van der Waals surface area (Å²) in [6.45, 7) is 0.221. The lowest BCUT2D eigenvalue weighted by Gasteiger charge is -2.15. The average molecular weight is 291 g/mol. The maximum Gasteiger partial charge on any atom is 0.311 e. The van der Waals surface area contributed by atoms with Crippen molar-refractivity contribution in [2.24, 2.45) is 0 Å². The maximum atomic E-state index is 12.2. The Bertz CT molecular complexity index is 656. The van der Waals surface area contributed by atoms with E-state index in [0.29, 0.717) is 5.82 Å². The van der Waals surface area contributed by atoms with Crippen LogP contribution in [0.2, 0.25) is 0 Å². The Hall–Kier alpha value is -2.97. The highest BCUT2D eigenvalue weighted by Gasteiger charge is 2.20. The van der Waals surface area contributed by atoms with E-state index in [1.807, 2.05) is 0 Å². The number of nitro benzene ring substituents is 1. The van der Waals surface area contributed by atoms with Gasteiger partial charge in [-0.05, 0) is 12.1 Å². The zero-order chi connectivity index (χ0) is 15.4. The molecule has 1 heterocycles. The van der Waals surface area contributed by atoms with E-state index in [-0.39, 0.29) is 29.5 Å². The van der Waals surface area contributed by atoms with E-state index in [2.05, 4.69) is 15.2 Å². The lowest BCUT2D eigenvalue weighted by Crippen LogP contribution is -2.26. The molecular formula is C12H13N5O4. The average Bonchev–Trinajstić information content (AvgIpc) is 2.98. The summed E-state index contributed by atoms with van der Waals surface area (Å²) in [5, 5.41) is 17.3. The Morgan fingerprint density at radius 1 is 1.52 bits per heavy atom. The molecule has 0 aliphatic carbocycles. The number of amides is 1. The minimum absolute atomic E-state index is 0.106. The van der Waals surface area contributed by atoms with Gasteiger partial charge in [0.25, 0.3) is 5.91 Å². The van der Waals surface area contributed by atoms with Crippen molar-refractivity contribution < 1.29 is 14.5 Å². The van der Waals surface area contributed by atoms with Gasteiger partial charge in [-0.1, -0.05) is 0 Å². The first kappa shape index (κ1) is 14.4. The number of nitrogens with one attached hydrogen (secondary N) is 1. The maximum absolute atomic E-state index is 12.2. The summed E-state index contributed by atoms with van der Waals surface area (Å²) < 4.78 is 4.90. The van der Waals surface area contributed by atoms with Gasteiger partial charge in [0.15, 0.2) is 5.75 Å². The summed E-state index contributed by atoms with van der Waals surface area (Å²) in [6, 6.07) is 4.07. The van der Waals surface area contributed by atoms with Crippen LogP contribution in [0.4, 0.5) is 5.69 Å². The highest BCUT2D eigenvalue weighted by Crippen LogP contribution is 2.27. The number of nitro groups is 1. The molecule has 2 rings (SSSR count). The molecule has 0 aliphatic rings. The van der Waals surface area contributed by atoms with Crippen LogP contribution in [0.25, 0.3) is 0 Å². The van der Waals surface area contributed by atoms with Crippen molar-refractivity contribution in [1.82, 2.24) is 20.1 Å². The second-order valence-electron chi connectivity index (χ2n) is 4.24. The number of hydrogen-bond acceptors (Lipinski definition) is 6. The summed E-state index contributed by atoms with van der Waals surface area (Å²) in [5.41, 5.74) is -0.0547. The summed E-state index contributed by atoms with van der Waals surface area (Å²) in [5.74, 6) is 0.264. The second-order valence-corrected chi connectivity index (χ2v) is 4.24. The van der Waals surface area contributed by atoms with Crippen LogP contribution < -0.4 is 4.74 Å². The van der Waals surface area contributed by atoms with Crippen LogP contribution in [0.3, 0.4) is 0 Å². The highest BCUT2D eigenvalue weighted by molar-refractivity contribution is 5.95. The molecule has 0 radical (unpaired) electrons. The van der Waals surface area contributed by atoms with Crippen molar-refractivity contribution in [3.8, 4) is 5.75 Å². The molecule has 0 aliphatic heterocycles. The van der Waals surface area contributed by atoms with Crippen LogP contribution in [-0.4, -0.2) is 45.1 Å². The Kier molecular flexibility index (Phi) is 4.12. The van der Waals surface area contributed by atoms with Gasteiger partial charge >= 0.3 is 5.69 Å². The van der Waals surface area contributed by atoms with Crippen LogP contribution in [0.1, 0.15) is 16.2 Å². The quantitative estimate of drug-likeness (QED) is 0.649. The number of nitrogens with zero attached hydrogens (tertiary/aromatic N) is 4. The largest absolute Gasteiger partial charge is 0.490 e. The third-order valence-corrected chi connectivity index (χ3v) is 2.82. The molecule has 0 atom stereocenters. The van der Waals surface area contributed by atoms with Gasteiger partial charge in [0.1, 0.15) is 12.2 Å². The number of H-pyrrole nitrogens is 1. The van der Waals surface area contributed by atoms with Gasteiger partial charge in [-0.25, -0.2) is 4.98 Å². The molecule has 0 bridgehead atoms. The molecule has 21 heavy (non-hydrogen) atoms. The fourth-order valence-electron chi connectivity index (χ4n) is 1.79. The van der Waals surface area contributed by atoms with Gasteiger partial charge in [0, 0.05) is 18.7 Å². The van der Waals surface area contributed by atoms with Gasteiger partial charge in [-0.15, -0.1) is 0 Å². The van der Waals surface area contributed by atoms with Gasteiger partial charge in [0.2, 0.25) is 0 Å². The highest BCUT2D eigenvalue weighted by atomic mass is 16.6. The molecule has 0 saturated carbocycles. The number of ether oxygens (including phenoxy) is 1. The first-order valence-electron chi connectivity index (χ1n) is 5.95. The van der Waals surface area contributed by atoms with E-state index in [4.69, 9.17) is 4.74 Å². The third-order valence-electron chi connectivity index (χ3n) is 2.82. The standard InChI is InChI=1S/C12H13N5O4/c1-16(6-11-13-7-14-15-11)12(18)8-3-4-10(21-2)9(5-8)17(19)20/h3-5,7H,6H2,1-2H3,(H,13,14,15). The second kappa shape index (κ2) is 5.99. The topological polar surface area (TPSA) is 114 Å². The molecule has 1 aromatic carbocycles. The van der Waals surface area contributed by atoms with Gasteiger partial charge in [-0.2, -0.15) is 5.10 Å².